The molecule has 0 saturated carbocycles. The lowest BCUT2D eigenvalue weighted by Gasteiger charge is -2.53. The molecule has 0 radical (unpaired) electrons. The van der Waals surface area contributed by atoms with Crippen molar-refractivity contribution in [1.29, 1.82) is 0 Å². The number of halogens is 2. The minimum Gasteiger partial charge on any atom is -0.347 e. The second-order valence-corrected chi connectivity index (χ2v) is 9.44. The Kier molecular flexibility index (Phi) is 4.87. The highest BCUT2D eigenvalue weighted by Gasteiger charge is 2.61. The summed E-state index contributed by atoms with van der Waals surface area (Å²) in [7, 11) is 2.03. The Labute approximate surface area is 197 Å². The minimum atomic E-state index is -0.660. The van der Waals surface area contributed by atoms with Crippen LogP contribution in [-0.4, -0.2) is 50.6 Å². The number of amides is 1. The monoisotopic (exact) mass is 470 g/mol. The number of hydrogen-bond acceptors (Lipinski definition) is 5. The predicted molar refractivity (Wildman–Crippen MR) is 127 cm³/mol. The molecule has 9 heteroatoms. The Balaban J connectivity index is 1.59. The smallest absolute Gasteiger partial charge is 0.256 e. The molecule has 0 N–H and O–H groups in total. The second kappa shape index (κ2) is 7.39. The molecular weight excluding hydrogens is 447 g/mol. The molecule has 1 saturated heterocycles. The maximum absolute atomic E-state index is 14.0. The van der Waals surface area contributed by atoms with Gasteiger partial charge in [0.25, 0.3) is 5.91 Å². The largest absolute Gasteiger partial charge is 0.347 e. The van der Waals surface area contributed by atoms with Gasteiger partial charge in [0.2, 0.25) is 0 Å². The third-order valence-corrected chi connectivity index (χ3v) is 7.97. The first-order valence-corrected chi connectivity index (χ1v) is 11.3. The molecule has 5 rings (SSSR count). The Morgan fingerprint density at radius 3 is 2.41 bits per heavy atom. The van der Waals surface area contributed by atoms with Crippen LogP contribution in [0.2, 0.25) is 5.02 Å². The molecule has 3 heterocycles. The van der Waals surface area contributed by atoms with E-state index in [0.29, 0.717) is 22.8 Å². The summed E-state index contributed by atoms with van der Waals surface area (Å²) in [6.07, 6.45) is 4.86. The quantitative estimate of drug-likeness (QED) is 0.517. The number of carbonyl (C=O) groups is 1. The number of anilines is 2. The zero-order chi connectivity index (χ0) is 22.7. The molecule has 2 aromatic carbocycles. The van der Waals surface area contributed by atoms with Crippen LogP contribution < -0.4 is 9.32 Å². The van der Waals surface area contributed by atoms with Crippen LogP contribution in [0, 0.1) is 0 Å². The Hall–Kier alpha value is -2.77. The maximum atomic E-state index is 14.0. The minimum absolute atomic E-state index is 0.115. The number of rotatable bonds is 3. The van der Waals surface area contributed by atoms with Crippen LogP contribution in [0.3, 0.4) is 0 Å². The van der Waals surface area contributed by atoms with Gasteiger partial charge in [-0.2, -0.15) is 15.0 Å². The summed E-state index contributed by atoms with van der Waals surface area (Å²) in [4.78, 5) is 19.6. The highest BCUT2D eigenvalue weighted by molar-refractivity contribution is 6.31. The molecule has 0 bridgehead atoms. The standard InChI is InChI=1S/C23H24Cl2N6O/c1-22(23(2)28(3)19-7-4-5-8-20(19)30(23)25)11-6-14-29(22)21(32)17-15-16(24)9-10-18(17)31-26-12-13-27-31/h4-5,7-10,12-13,15H,6,11,14H2,1-3H3/t22?,23-/m0/s1. The van der Waals surface area contributed by atoms with Gasteiger partial charge >= 0.3 is 0 Å². The maximum Gasteiger partial charge on any atom is 0.256 e. The van der Waals surface area contributed by atoms with Crippen LogP contribution in [0.5, 0.6) is 0 Å². The van der Waals surface area contributed by atoms with Crippen molar-refractivity contribution in [1.82, 2.24) is 19.9 Å². The Morgan fingerprint density at radius 2 is 1.72 bits per heavy atom. The molecule has 32 heavy (non-hydrogen) atoms. The average Bonchev–Trinajstić information content (AvgIpc) is 3.51. The van der Waals surface area contributed by atoms with E-state index in [0.717, 1.165) is 24.2 Å². The number of likely N-dealkylation sites (tertiary alicyclic amines) is 1. The van der Waals surface area contributed by atoms with Crippen molar-refractivity contribution >= 4 is 40.7 Å². The topological polar surface area (TPSA) is 57.5 Å². The highest BCUT2D eigenvalue weighted by atomic mass is 35.5. The summed E-state index contributed by atoms with van der Waals surface area (Å²) >= 11 is 13.3. The third kappa shape index (κ3) is 2.77. The van der Waals surface area contributed by atoms with Crippen molar-refractivity contribution < 1.29 is 4.79 Å². The van der Waals surface area contributed by atoms with Crippen LogP contribution in [0.25, 0.3) is 5.69 Å². The van der Waals surface area contributed by atoms with Gasteiger partial charge in [0.05, 0.1) is 40.6 Å². The Bertz CT molecular complexity index is 1150. The van der Waals surface area contributed by atoms with Crippen LogP contribution in [0.4, 0.5) is 11.4 Å². The summed E-state index contributed by atoms with van der Waals surface area (Å²) in [5.74, 6) is -0.115. The Morgan fingerprint density at radius 1 is 1.03 bits per heavy atom. The number of nitrogens with zero attached hydrogens (tertiary/aromatic N) is 6. The van der Waals surface area contributed by atoms with E-state index < -0.39 is 11.2 Å². The second-order valence-electron chi connectivity index (χ2n) is 8.66. The molecule has 7 nitrogen and oxygen atoms in total. The summed E-state index contributed by atoms with van der Waals surface area (Å²) in [5.41, 5.74) is 1.79. The summed E-state index contributed by atoms with van der Waals surface area (Å²) in [6, 6.07) is 13.2. The van der Waals surface area contributed by atoms with Crippen molar-refractivity contribution in [3.05, 3.63) is 65.4 Å². The van der Waals surface area contributed by atoms with E-state index in [1.807, 2.05) is 30.1 Å². The lowest BCUT2D eigenvalue weighted by Crippen LogP contribution is -2.70. The first-order chi connectivity index (χ1) is 15.3. The molecule has 3 aromatic rings. The van der Waals surface area contributed by atoms with Gasteiger partial charge in [0.15, 0.2) is 0 Å². The predicted octanol–water partition coefficient (Wildman–Crippen LogP) is 4.74. The molecule has 0 spiro atoms. The van der Waals surface area contributed by atoms with Gasteiger partial charge in [0, 0.05) is 30.4 Å². The first kappa shape index (κ1) is 21.1. The summed E-state index contributed by atoms with van der Waals surface area (Å²) < 4.78 is 1.78. The fraction of sp³-hybridized carbons (Fsp3) is 0.348. The van der Waals surface area contributed by atoms with E-state index in [9.17, 15) is 4.79 Å². The fourth-order valence-corrected chi connectivity index (χ4v) is 5.82. The van der Waals surface area contributed by atoms with E-state index in [1.165, 1.54) is 4.80 Å². The normalized spacial score (nSPS) is 24.8. The number of likely N-dealkylation sites (N-methyl/N-ethyl adjacent to an activating group) is 1. The number of hydrogen-bond donors (Lipinski definition) is 0. The molecule has 2 atom stereocenters. The molecule has 0 aliphatic carbocycles. The highest BCUT2D eigenvalue weighted by Crippen LogP contribution is 2.54. The zero-order valence-electron chi connectivity index (χ0n) is 18.2. The van der Waals surface area contributed by atoms with Gasteiger partial charge in [-0.1, -0.05) is 23.7 Å². The van der Waals surface area contributed by atoms with Crippen LogP contribution in [0.1, 0.15) is 37.0 Å². The van der Waals surface area contributed by atoms with Gasteiger partial charge in [0.1, 0.15) is 5.66 Å². The molecule has 2 aliphatic heterocycles. The molecular formula is C23H24Cl2N6O. The summed E-state index contributed by atoms with van der Waals surface area (Å²) in [6.45, 7) is 4.84. The molecule has 1 amide bonds. The SMILES string of the molecule is CN1c2ccccc2N(Cl)[C@@]1(C)C1(C)CCCN1C(=O)c1cc(Cl)ccc1-n1nccn1. The lowest BCUT2D eigenvalue weighted by atomic mass is 9.83. The van der Waals surface area contributed by atoms with Gasteiger partial charge in [-0.3, -0.25) is 9.21 Å². The number of para-hydroxylation sites is 2. The number of aromatic nitrogens is 3. The number of fused-ring (bicyclic) bond motifs is 1. The van der Waals surface area contributed by atoms with E-state index in [4.69, 9.17) is 23.4 Å². The molecule has 1 fully saturated rings. The van der Waals surface area contributed by atoms with Crippen LogP contribution in [0.15, 0.2) is 54.9 Å². The molecule has 1 aromatic heterocycles. The van der Waals surface area contributed by atoms with E-state index in [2.05, 4.69) is 35.0 Å². The van der Waals surface area contributed by atoms with Crippen molar-refractivity contribution in [3.63, 3.8) is 0 Å². The fourth-order valence-electron chi connectivity index (χ4n) is 5.21. The van der Waals surface area contributed by atoms with Gasteiger partial charge in [-0.25, -0.2) is 0 Å². The van der Waals surface area contributed by atoms with Crippen molar-refractivity contribution in [2.45, 2.75) is 37.9 Å². The number of benzene rings is 2. The van der Waals surface area contributed by atoms with E-state index >= 15 is 0 Å². The first-order valence-electron chi connectivity index (χ1n) is 10.6. The van der Waals surface area contributed by atoms with Crippen molar-refractivity contribution in [2.24, 2.45) is 0 Å². The molecule has 1 unspecified atom stereocenters. The molecule has 166 valence electrons. The summed E-state index contributed by atoms with van der Waals surface area (Å²) in [5, 5.41) is 8.92. The number of carbonyl (C=O) groups excluding carboxylic acids is 1. The molecule has 2 aliphatic rings. The zero-order valence-corrected chi connectivity index (χ0v) is 19.7. The third-order valence-electron chi connectivity index (χ3n) is 7.22. The lowest BCUT2D eigenvalue weighted by molar-refractivity contribution is 0.0466. The van der Waals surface area contributed by atoms with E-state index in [-0.39, 0.29) is 5.91 Å². The van der Waals surface area contributed by atoms with Crippen LogP contribution in [-0.2, 0) is 0 Å². The van der Waals surface area contributed by atoms with Crippen molar-refractivity contribution in [2.75, 3.05) is 22.9 Å². The van der Waals surface area contributed by atoms with Crippen molar-refractivity contribution in [3.8, 4) is 5.69 Å². The van der Waals surface area contributed by atoms with Crippen LogP contribution >= 0.6 is 23.4 Å². The average molecular weight is 471 g/mol. The van der Waals surface area contributed by atoms with E-state index in [1.54, 1.807) is 35.0 Å². The van der Waals surface area contributed by atoms with Gasteiger partial charge < -0.3 is 9.80 Å². The van der Waals surface area contributed by atoms with Gasteiger partial charge in [-0.05, 0) is 57.0 Å². The van der Waals surface area contributed by atoms with Gasteiger partial charge in [-0.15, -0.1) is 0 Å².